The number of aliphatic hydroxyl groups is 2. The van der Waals surface area contributed by atoms with Crippen molar-refractivity contribution in [2.45, 2.75) is 25.2 Å². The molecule has 0 radical (unpaired) electrons. The summed E-state index contributed by atoms with van der Waals surface area (Å²) in [6.45, 7) is 0.955. The number of aliphatic hydroxyl groups excluding tert-OH is 2. The molecule has 2 atom stereocenters. The molecule has 4 nitrogen and oxygen atoms in total. The molecule has 2 unspecified atom stereocenters. The lowest BCUT2D eigenvalue weighted by Crippen LogP contribution is -2.38. The van der Waals surface area contributed by atoms with Gasteiger partial charge >= 0.3 is 0 Å². The quantitative estimate of drug-likeness (QED) is 0.849. The summed E-state index contributed by atoms with van der Waals surface area (Å²) < 4.78 is 14.1. The zero-order valence-electron chi connectivity index (χ0n) is 11.4. The summed E-state index contributed by atoms with van der Waals surface area (Å²) in [5, 5.41) is 19.2. The zero-order chi connectivity index (χ0) is 14.0. The van der Waals surface area contributed by atoms with Gasteiger partial charge in [-0.15, -0.1) is 0 Å². The normalized spacial score (nSPS) is 23.4. The Morgan fingerprint density at radius 2 is 2.16 bits per heavy atom. The summed E-state index contributed by atoms with van der Waals surface area (Å²) >= 11 is 0. The van der Waals surface area contributed by atoms with E-state index in [1.54, 1.807) is 12.1 Å². The Balaban J connectivity index is 2.33. The highest BCUT2D eigenvalue weighted by atomic mass is 19.1. The monoisotopic (exact) mass is 268 g/mol. The largest absolute Gasteiger partial charge is 0.392 e. The fourth-order valence-electron chi connectivity index (χ4n) is 2.77. The van der Waals surface area contributed by atoms with Gasteiger partial charge in [-0.3, -0.25) is 0 Å². The third kappa shape index (κ3) is 3.05. The summed E-state index contributed by atoms with van der Waals surface area (Å²) in [5.41, 5.74) is 0.992. The minimum Gasteiger partial charge on any atom is -0.392 e. The van der Waals surface area contributed by atoms with Crippen LogP contribution in [0.1, 0.15) is 12.0 Å². The fraction of sp³-hybridized carbons (Fsp3) is 0.571. The summed E-state index contributed by atoms with van der Waals surface area (Å²) in [4.78, 5) is 3.90. The maximum absolute atomic E-state index is 14.1. The van der Waals surface area contributed by atoms with Gasteiger partial charge in [0, 0.05) is 24.7 Å². The number of anilines is 1. The molecule has 0 spiro atoms. The smallest absolute Gasteiger partial charge is 0.146 e. The van der Waals surface area contributed by atoms with Crippen LogP contribution < -0.4 is 4.90 Å². The molecule has 1 aromatic rings. The highest BCUT2D eigenvalue weighted by Gasteiger charge is 2.33. The standard InChI is InChI=1S/C14H21FN2O2/c1-16(2)7-11-6-12(19)8-17(11)14-10(9-18)4-3-5-13(14)15/h3-5,11-12,18-19H,6-9H2,1-2H3. The first kappa shape index (κ1) is 14.2. The highest BCUT2D eigenvalue weighted by molar-refractivity contribution is 5.56. The molecule has 0 bridgehead atoms. The highest BCUT2D eigenvalue weighted by Crippen LogP contribution is 2.31. The average Bonchev–Trinajstić information content (AvgIpc) is 2.68. The van der Waals surface area contributed by atoms with Gasteiger partial charge in [0.15, 0.2) is 0 Å². The number of halogens is 1. The topological polar surface area (TPSA) is 46.9 Å². The maximum atomic E-state index is 14.1. The summed E-state index contributed by atoms with van der Waals surface area (Å²) in [6.07, 6.45) is 0.174. The summed E-state index contributed by atoms with van der Waals surface area (Å²) in [6, 6.07) is 4.77. The first-order valence-corrected chi connectivity index (χ1v) is 6.50. The Hall–Kier alpha value is -1.17. The van der Waals surface area contributed by atoms with Crippen molar-refractivity contribution in [3.63, 3.8) is 0 Å². The van der Waals surface area contributed by atoms with Gasteiger partial charge in [0.2, 0.25) is 0 Å². The molecule has 2 N–H and O–H groups in total. The molecule has 1 heterocycles. The molecule has 106 valence electrons. The number of β-amino-alcohol motifs (C(OH)–C–C–N with tert-alkyl or cyclic N) is 1. The predicted molar refractivity (Wildman–Crippen MR) is 72.6 cm³/mol. The number of rotatable bonds is 4. The third-order valence-corrected chi connectivity index (χ3v) is 3.50. The summed E-state index contributed by atoms with van der Waals surface area (Å²) in [5.74, 6) is -0.343. The molecule has 19 heavy (non-hydrogen) atoms. The van der Waals surface area contributed by atoms with Crippen molar-refractivity contribution in [1.29, 1.82) is 0 Å². The van der Waals surface area contributed by atoms with Crippen LogP contribution in [0.2, 0.25) is 0 Å². The predicted octanol–water partition coefficient (Wildman–Crippen LogP) is 0.819. The van der Waals surface area contributed by atoms with Crippen molar-refractivity contribution in [2.24, 2.45) is 0 Å². The van der Waals surface area contributed by atoms with E-state index < -0.39 is 6.10 Å². The number of likely N-dealkylation sites (N-methyl/N-ethyl adjacent to an activating group) is 1. The third-order valence-electron chi connectivity index (χ3n) is 3.50. The van der Waals surface area contributed by atoms with Crippen LogP contribution in [-0.2, 0) is 6.61 Å². The van der Waals surface area contributed by atoms with Gasteiger partial charge in [-0.1, -0.05) is 12.1 Å². The first-order chi connectivity index (χ1) is 9.02. The number of para-hydroxylation sites is 1. The van der Waals surface area contributed by atoms with E-state index in [9.17, 15) is 14.6 Å². The van der Waals surface area contributed by atoms with Crippen molar-refractivity contribution in [3.05, 3.63) is 29.6 Å². The first-order valence-electron chi connectivity index (χ1n) is 6.50. The molecule has 1 fully saturated rings. The van der Waals surface area contributed by atoms with Gasteiger partial charge in [0.25, 0.3) is 0 Å². The van der Waals surface area contributed by atoms with Gasteiger partial charge in [0.05, 0.1) is 18.4 Å². The zero-order valence-corrected chi connectivity index (χ0v) is 11.4. The van der Waals surface area contributed by atoms with Crippen molar-refractivity contribution >= 4 is 5.69 Å². The molecule has 0 amide bonds. The second kappa shape index (κ2) is 5.86. The van der Waals surface area contributed by atoms with E-state index >= 15 is 0 Å². The van der Waals surface area contributed by atoms with E-state index in [-0.39, 0.29) is 18.5 Å². The second-order valence-corrected chi connectivity index (χ2v) is 5.36. The van der Waals surface area contributed by atoms with Crippen LogP contribution in [0.3, 0.4) is 0 Å². The number of hydrogen-bond donors (Lipinski definition) is 2. The van der Waals surface area contributed by atoms with Gasteiger partial charge in [-0.25, -0.2) is 4.39 Å². The van der Waals surface area contributed by atoms with Crippen LogP contribution in [0.25, 0.3) is 0 Å². The SMILES string of the molecule is CN(C)CC1CC(O)CN1c1c(F)cccc1CO. The second-order valence-electron chi connectivity index (χ2n) is 5.36. The Labute approximate surface area is 113 Å². The van der Waals surface area contributed by atoms with Gasteiger partial charge < -0.3 is 20.0 Å². The van der Waals surface area contributed by atoms with Crippen LogP contribution in [0.5, 0.6) is 0 Å². The molecule has 0 aliphatic carbocycles. The summed E-state index contributed by atoms with van der Waals surface area (Å²) in [7, 11) is 3.91. The maximum Gasteiger partial charge on any atom is 0.146 e. The molecular weight excluding hydrogens is 247 g/mol. The molecule has 1 saturated heterocycles. The van der Waals surface area contributed by atoms with Crippen molar-refractivity contribution in [2.75, 3.05) is 32.1 Å². The van der Waals surface area contributed by atoms with Gasteiger partial charge in [0.1, 0.15) is 5.82 Å². The van der Waals surface area contributed by atoms with E-state index in [1.165, 1.54) is 6.07 Å². The molecule has 0 aromatic heterocycles. The van der Waals surface area contributed by atoms with Crippen LogP contribution in [-0.4, -0.2) is 54.4 Å². The van der Waals surface area contributed by atoms with Crippen LogP contribution in [0.15, 0.2) is 18.2 Å². The molecule has 1 aromatic carbocycles. The van der Waals surface area contributed by atoms with E-state index in [1.807, 2.05) is 23.9 Å². The van der Waals surface area contributed by atoms with E-state index in [4.69, 9.17) is 0 Å². The van der Waals surface area contributed by atoms with Crippen LogP contribution >= 0.6 is 0 Å². The van der Waals surface area contributed by atoms with E-state index in [0.717, 1.165) is 6.54 Å². The van der Waals surface area contributed by atoms with Gasteiger partial charge in [-0.2, -0.15) is 0 Å². The lowest BCUT2D eigenvalue weighted by atomic mass is 10.1. The molecule has 5 heteroatoms. The molecule has 2 rings (SSSR count). The molecular formula is C14H21FN2O2. The Bertz CT molecular complexity index is 439. The van der Waals surface area contributed by atoms with Crippen LogP contribution in [0.4, 0.5) is 10.1 Å². The number of hydrogen-bond acceptors (Lipinski definition) is 4. The lowest BCUT2D eigenvalue weighted by Gasteiger charge is -2.30. The fourth-order valence-corrected chi connectivity index (χ4v) is 2.77. The Morgan fingerprint density at radius 1 is 1.42 bits per heavy atom. The van der Waals surface area contributed by atoms with Gasteiger partial charge in [-0.05, 0) is 26.6 Å². The average molecular weight is 268 g/mol. The number of benzene rings is 1. The molecule has 0 saturated carbocycles. The van der Waals surface area contributed by atoms with Crippen molar-refractivity contribution in [3.8, 4) is 0 Å². The molecule has 1 aliphatic rings. The van der Waals surface area contributed by atoms with Crippen molar-refractivity contribution in [1.82, 2.24) is 4.90 Å². The van der Waals surface area contributed by atoms with Crippen LogP contribution in [0, 0.1) is 5.82 Å². The minimum absolute atomic E-state index is 0.0622. The van der Waals surface area contributed by atoms with E-state index in [0.29, 0.717) is 24.2 Å². The lowest BCUT2D eigenvalue weighted by molar-refractivity contribution is 0.191. The van der Waals surface area contributed by atoms with Crippen molar-refractivity contribution < 1.29 is 14.6 Å². The van der Waals surface area contributed by atoms with E-state index in [2.05, 4.69) is 0 Å². The minimum atomic E-state index is -0.448. The Kier molecular flexibility index (Phi) is 4.39. The molecule has 1 aliphatic heterocycles. The number of nitrogens with zero attached hydrogens (tertiary/aromatic N) is 2. The Morgan fingerprint density at radius 3 is 2.79 bits per heavy atom.